The third-order valence-corrected chi connectivity index (χ3v) is 11.5. The smallest absolute Gasteiger partial charge is 0.255 e. The number of ketones is 2. The molecule has 0 radical (unpaired) electrons. The van der Waals surface area contributed by atoms with Crippen molar-refractivity contribution in [1.29, 1.82) is 0 Å². The van der Waals surface area contributed by atoms with E-state index in [0.29, 0.717) is 61.3 Å². The van der Waals surface area contributed by atoms with Crippen LogP contribution in [0.2, 0.25) is 0 Å². The summed E-state index contributed by atoms with van der Waals surface area (Å²) >= 11 is 0. The Hall–Kier alpha value is -5.89. The van der Waals surface area contributed by atoms with Crippen LogP contribution >= 0.6 is 0 Å². The second-order valence-electron chi connectivity index (χ2n) is 15.0. The van der Waals surface area contributed by atoms with Crippen LogP contribution in [0.5, 0.6) is 17.2 Å². The summed E-state index contributed by atoms with van der Waals surface area (Å²) in [7, 11) is 0. The van der Waals surface area contributed by atoms with Crippen molar-refractivity contribution in [2.75, 3.05) is 18.9 Å². The van der Waals surface area contributed by atoms with Crippen molar-refractivity contribution in [2.24, 2.45) is 0 Å². The van der Waals surface area contributed by atoms with Gasteiger partial charge in [0.15, 0.2) is 5.78 Å². The number of ether oxygens (including phenoxy) is 2. The van der Waals surface area contributed by atoms with Crippen molar-refractivity contribution in [3.05, 3.63) is 143 Å². The van der Waals surface area contributed by atoms with E-state index in [4.69, 9.17) is 15.2 Å². The Morgan fingerprint density at radius 2 is 1.47 bits per heavy atom. The number of unbranched alkanes of at least 4 members (excludes halogenated alkanes) is 2. The highest BCUT2D eigenvalue weighted by Gasteiger charge is 2.39. The quantitative estimate of drug-likeness (QED) is 0.0747. The fraction of sp³-hybridized carbons (Fsp3) is 0.298. The van der Waals surface area contributed by atoms with E-state index in [-0.39, 0.29) is 29.8 Å². The summed E-state index contributed by atoms with van der Waals surface area (Å²) in [5.74, 6) is 1.98. The van der Waals surface area contributed by atoms with E-state index in [9.17, 15) is 19.5 Å². The Morgan fingerprint density at radius 1 is 0.709 bits per heavy atom. The number of amides is 1. The Balaban J connectivity index is 0.824. The third-order valence-electron chi connectivity index (χ3n) is 11.5. The molecule has 1 aliphatic heterocycles. The van der Waals surface area contributed by atoms with Crippen molar-refractivity contribution in [1.82, 2.24) is 4.90 Å². The fourth-order valence-corrected chi connectivity index (χ4v) is 8.60. The van der Waals surface area contributed by atoms with Gasteiger partial charge in [0.25, 0.3) is 5.91 Å². The summed E-state index contributed by atoms with van der Waals surface area (Å²) in [6.07, 6.45) is 5.30. The lowest BCUT2D eigenvalue weighted by Gasteiger charge is -2.34. The number of nitrogens with zero attached hydrogens (tertiary/aromatic N) is 1. The molecule has 0 aromatic heterocycles. The van der Waals surface area contributed by atoms with Gasteiger partial charge < -0.3 is 25.2 Å². The number of phenolic OH excluding ortho intramolecular Hbond substituents is 1. The SMILES string of the molecule is Nc1ccc(-c2ccc3c(c2)CN([C@H]2CCC(=O)CC2=O)C3=O)cc1OCCCCCOc1ccc(C2c3ccc(O)cc3CCC2c2ccccc2)cc1. The fourth-order valence-electron chi connectivity index (χ4n) is 8.60. The predicted molar refractivity (Wildman–Crippen MR) is 213 cm³/mol. The number of benzene rings is 5. The van der Waals surface area contributed by atoms with Gasteiger partial charge in [0.1, 0.15) is 23.0 Å². The van der Waals surface area contributed by atoms with Gasteiger partial charge in [-0.1, -0.05) is 60.7 Å². The second kappa shape index (κ2) is 15.8. The number of carbonyl (C=O) groups excluding carboxylic acids is 3. The molecule has 3 N–H and O–H groups in total. The number of hydrogen-bond acceptors (Lipinski definition) is 7. The van der Waals surface area contributed by atoms with E-state index in [1.807, 2.05) is 42.5 Å². The zero-order valence-electron chi connectivity index (χ0n) is 30.9. The molecule has 1 saturated carbocycles. The Morgan fingerprint density at radius 3 is 2.27 bits per heavy atom. The molecular weight excluding hydrogens is 689 g/mol. The maximum absolute atomic E-state index is 13.2. The Labute approximate surface area is 321 Å². The van der Waals surface area contributed by atoms with Gasteiger partial charge in [-0.2, -0.15) is 0 Å². The van der Waals surface area contributed by atoms with Crippen LogP contribution in [-0.2, 0) is 22.6 Å². The molecule has 3 aliphatic rings. The molecule has 0 spiro atoms. The monoisotopic (exact) mass is 734 g/mol. The normalized spacial score (nSPS) is 19.2. The molecule has 55 heavy (non-hydrogen) atoms. The Kier molecular flexibility index (Phi) is 10.4. The summed E-state index contributed by atoms with van der Waals surface area (Å²) in [5, 5.41) is 10.2. The van der Waals surface area contributed by atoms with E-state index in [1.165, 1.54) is 22.3 Å². The summed E-state index contributed by atoms with van der Waals surface area (Å²) in [6, 6.07) is 36.0. The van der Waals surface area contributed by atoms with Crippen molar-refractivity contribution in [2.45, 2.75) is 75.8 Å². The molecule has 2 unspecified atom stereocenters. The number of rotatable bonds is 12. The van der Waals surface area contributed by atoms with Crippen LogP contribution in [0.3, 0.4) is 0 Å². The maximum atomic E-state index is 13.2. The van der Waals surface area contributed by atoms with Crippen LogP contribution in [0.1, 0.15) is 95.0 Å². The Bertz CT molecular complexity index is 2220. The molecule has 1 amide bonds. The van der Waals surface area contributed by atoms with Crippen LogP contribution in [-0.4, -0.2) is 46.7 Å². The first-order chi connectivity index (χ1) is 26.8. The molecule has 280 valence electrons. The molecule has 5 aromatic carbocycles. The summed E-state index contributed by atoms with van der Waals surface area (Å²) < 4.78 is 12.3. The van der Waals surface area contributed by atoms with Crippen molar-refractivity contribution in [3.8, 4) is 28.4 Å². The second-order valence-corrected chi connectivity index (χ2v) is 15.0. The van der Waals surface area contributed by atoms with Crippen LogP contribution in [0.25, 0.3) is 11.1 Å². The molecular formula is C47H46N2O6. The predicted octanol–water partition coefficient (Wildman–Crippen LogP) is 8.78. The van der Waals surface area contributed by atoms with Gasteiger partial charge in [-0.05, 0) is 132 Å². The van der Waals surface area contributed by atoms with Crippen LogP contribution in [0.4, 0.5) is 5.69 Å². The minimum absolute atomic E-state index is 0.0517. The van der Waals surface area contributed by atoms with Gasteiger partial charge in [-0.25, -0.2) is 0 Å². The topological polar surface area (TPSA) is 119 Å². The van der Waals surface area contributed by atoms with Crippen LogP contribution < -0.4 is 15.2 Å². The summed E-state index contributed by atoms with van der Waals surface area (Å²) in [5.41, 5.74) is 15.3. The van der Waals surface area contributed by atoms with E-state index in [2.05, 4.69) is 60.7 Å². The summed E-state index contributed by atoms with van der Waals surface area (Å²) in [6.45, 7) is 1.49. The van der Waals surface area contributed by atoms with Gasteiger partial charge in [0.05, 0.1) is 31.4 Å². The molecule has 0 bridgehead atoms. The minimum Gasteiger partial charge on any atom is -0.508 e. The number of aryl methyl sites for hydroxylation is 1. The molecule has 5 aromatic rings. The van der Waals surface area contributed by atoms with E-state index < -0.39 is 6.04 Å². The number of phenols is 1. The first kappa shape index (κ1) is 36.1. The number of carbonyl (C=O) groups is 3. The number of aromatic hydroxyl groups is 1. The van der Waals surface area contributed by atoms with E-state index in [0.717, 1.165) is 54.5 Å². The van der Waals surface area contributed by atoms with Gasteiger partial charge in [0.2, 0.25) is 0 Å². The molecule has 1 heterocycles. The van der Waals surface area contributed by atoms with Gasteiger partial charge in [0, 0.05) is 24.4 Å². The lowest BCUT2D eigenvalue weighted by molar-refractivity contribution is -0.133. The van der Waals surface area contributed by atoms with Crippen LogP contribution in [0.15, 0.2) is 109 Å². The van der Waals surface area contributed by atoms with Crippen molar-refractivity contribution >= 4 is 23.2 Å². The van der Waals surface area contributed by atoms with Gasteiger partial charge >= 0.3 is 0 Å². The van der Waals surface area contributed by atoms with Crippen LogP contribution in [0, 0.1) is 0 Å². The largest absolute Gasteiger partial charge is 0.508 e. The minimum atomic E-state index is -0.534. The van der Waals surface area contributed by atoms with Gasteiger partial charge in [-0.3, -0.25) is 14.4 Å². The number of fused-ring (bicyclic) bond motifs is 2. The lowest BCUT2D eigenvalue weighted by atomic mass is 9.69. The molecule has 8 heteroatoms. The van der Waals surface area contributed by atoms with Crippen molar-refractivity contribution < 1.29 is 29.0 Å². The van der Waals surface area contributed by atoms with Crippen molar-refractivity contribution in [3.63, 3.8) is 0 Å². The molecule has 2 aliphatic carbocycles. The lowest BCUT2D eigenvalue weighted by Crippen LogP contribution is -2.44. The number of anilines is 1. The standard InChI is InChI=1S/C47H46N2O6/c48-42-21-13-33(32-11-19-41-35(25-32)29-49(47(41)53)43-22-15-37(51)28-44(43)52)27-45(42)55-24-6-2-5-23-54-38-16-9-31(10-17-38)46-39(30-7-3-1-4-8-30)18-12-34-26-36(50)14-20-40(34)46/h1,3-4,7-11,13-14,16-17,19-21,25-27,39,43,46,50H,2,5-6,12,15,18,22-24,28-29,48H2/t39?,43-,46?/m0/s1. The van der Waals surface area contributed by atoms with Gasteiger partial charge in [-0.15, -0.1) is 0 Å². The zero-order valence-corrected chi connectivity index (χ0v) is 30.9. The highest BCUT2D eigenvalue weighted by Crippen LogP contribution is 2.47. The zero-order chi connectivity index (χ0) is 37.9. The number of Topliss-reactive ketones (excluding diaryl/α,β-unsaturated/α-hetero) is 2. The molecule has 8 nitrogen and oxygen atoms in total. The highest BCUT2D eigenvalue weighted by molar-refractivity contribution is 6.07. The average molecular weight is 735 g/mol. The molecule has 8 rings (SSSR count). The average Bonchev–Trinajstić information content (AvgIpc) is 3.53. The first-order valence-corrected chi connectivity index (χ1v) is 19.4. The third kappa shape index (κ3) is 7.72. The first-order valence-electron chi connectivity index (χ1n) is 19.4. The maximum Gasteiger partial charge on any atom is 0.255 e. The number of nitrogen functional groups attached to an aromatic ring is 1. The number of hydrogen-bond donors (Lipinski definition) is 2. The number of nitrogens with two attached hydrogens (primary N) is 1. The molecule has 3 atom stereocenters. The summed E-state index contributed by atoms with van der Waals surface area (Å²) in [4.78, 5) is 39.0. The highest BCUT2D eigenvalue weighted by atomic mass is 16.5. The van der Waals surface area contributed by atoms with E-state index >= 15 is 0 Å². The molecule has 0 saturated heterocycles. The molecule has 1 fully saturated rings. The van der Waals surface area contributed by atoms with E-state index in [1.54, 1.807) is 11.0 Å².